The number of nitrogens with zero attached hydrogens (tertiary/aromatic N) is 1. The Hall–Kier alpha value is -0.690. The molecule has 2 N–H and O–H groups in total. The minimum atomic E-state index is -3.67. The monoisotopic (exact) mass is 250 g/mol. The predicted molar refractivity (Wildman–Crippen MR) is 56.3 cm³/mol. The molecule has 0 radical (unpaired) electrons. The van der Waals surface area contributed by atoms with Crippen LogP contribution in [0.25, 0.3) is 0 Å². The van der Waals surface area contributed by atoms with Crippen molar-refractivity contribution in [2.24, 2.45) is 0 Å². The molecule has 0 spiro atoms. The molecule has 0 amide bonds. The molecule has 0 unspecified atom stereocenters. The van der Waals surface area contributed by atoms with Gasteiger partial charge in [-0.2, -0.15) is 0 Å². The second-order valence-electron chi connectivity index (χ2n) is 2.86. The van der Waals surface area contributed by atoms with Crippen LogP contribution < -0.4 is 4.72 Å². The number of pyridine rings is 1. The molecule has 0 atom stereocenters. The summed E-state index contributed by atoms with van der Waals surface area (Å²) in [5.74, 6) is 0. The van der Waals surface area contributed by atoms with Crippen molar-refractivity contribution in [3.63, 3.8) is 0 Å². The highest BCUT2D eigenvalue weighted by Crippen LogP contribution is 2.18. The first-order valence-corrected chi connectivity index (χ1v) is 6.07. The van der Waals surface area contributed by atoms with Gasteiger partial charge >= 0.3 is 0 Å². The van der Waals surface area contributed by atoms with Crippen LogP contribution in [-0.4, -0.2) is 31.7 Å². The molecular weight excluding hydrogens is 240 g/mol. The third-order valence-electron chi connectivity index (χ3n) is 1.65. The Morgan fingerprint density at radius 2 is 2.20 bits per heavy atom. The molecule has 0 aliphatic carbocycles. The topological polar surface area (TPSA) is 79.3 Å². The van der Waals surface area contributed by atoms with Crippen LogP contribution in [0.5, 0.6) is 0 Å². The minimum absolute atomic E-state index is 0.0491. The number of nitrogens with one attached hydrogen (secondary N) is 1. The fraction of sp³-hybridized carbons (Fsp3) is 0.375. The molecule has 0 fully saturated rings. The second-order valence-corrected chi connectivity index (χ2v) is 4.96. The van der Waals surface area contributed by atoms with Gasteiger partial charge in [0.15, 0.2) is 0 Å². The van der Waals surface area contributed by atoms with E-state index in [1.807, 2.05) is 0 Å². The number of aryl methyl sites for hydroxylation is 1. The van der Waals surface area contributed by atoms with Gasteiger partial charge in [-0.1, -0.05) is 11.6 Å². The largest absolute Gasteiger partial charge is 0.395 e. The molecule has 0 bridgehead atoms. The zero-order chi connectivity index (χ0) is 11.5. The molecular formula is C8H11ClN2O3S. The van der Waals surface area contributed by atoms with Gasteiger partial charge in [0.05, 0.1) is 6.61 Å². The van der Waals surface area contributed by atoms with Crippen molar-refractivity contribution >= 4 is 21.6 Å². The molecule has 1 heterocycles. The van der Waals surface area contributed by atoms with Gasteiger partial charge in [-0.15, -0.1) is 0 Å². The SMILES string of the molecule is Cc1ccc(S(=O)(=O)NCCO)c(Cl)n1. The summed E-state index contributed by atoms with van der Waals surface area (Å²) in [6.45, 7) is 1.39. The van der Waals surface area contributed by atoms with Gasteiger partial charge < -0.3 is 5.11 Å². The Bertz CT molecular complexity index is 447. The van der Waals surface area contributed by atoms with Gasteiger partial charge in [-0.3, -0.25) is 0 Å². The van der Waals surface area contributed by atoms with E-state index >= 15 is 0 Å². The first-order chi connectivity index (χ1) is 6.97. The fourth-order valence-corrected chi connectivity index (χ4v) is 2.50. The summed E-state index contributed by atoms with van der Waals surface area (Å²) in [6.07, 6.45) is 0. The molecule has 84 valence electrons. The maximum atomic E-state index is 11.6. The molecule has 1 rings (SSSR count). The van der Waals surface area contributed by atoms with Crippen molar-refractivity contribution in [1.29, 1.82) is 0 Å². The molecule has 15 heavy (non-hydrogen) atoms. The van der Waals surface area contributed by atoms with Crippen LogP contribution in [0, 0.1) is 6.92 Å². The molecule has 7 heteroatoms. The quantitative estimate of drug-likeness (QED) is 0.754. The number of hydrogen-bond acceptors (Lipinski definition) is 4. The number of hydrogen-bond donors (Lipinski definition) is 2. The highest BCUT2D eigenvalue weighted by molar-refractivity contribution is 7.89. The van der Waals surface area contributed by atoms with Crippen LogP contribution in [0.1, 0.15) is 5.69 Å². The summed E-state index contributed by atoms with van der Waals surface area (Å²) in [5.41, 5.74) is 0.640. The fourth-order valence-electron chi connectivity index (χ4n) is 0.970. The minimum Gasteiger partial charge on any atom is -0.395 e. The number of halogens is 1. The normalized spacial score (nSPS) is 11.7. The van der Waals surface area contributed by atoms with E-state index in [4.69, 9.17) is 16.7 Å². The Labute approximate surface area is 93.2 Å². The Kier molecular flexibility index (Phi) is 4.04. The van der Waals surface area contributed by atoms with Crippen LogP contribution in [0.3, 0.4) is 0 Å². The van der Waals surface area contributed by atoms with Crippen LogP contribution in [0.2, 0.25) is 5.15 Å². The van der Waals surface area contributed by atoms with Gasteiger partial charge in [0, 0.05) is 12.2 Å². The summed E-state index contributed by atoms with van der Waals surface area (Å²) in [5, 5.41) is 8.45. The van der Waals surface area contributed by atoms with Crippen molar-refractivity contribution in [3.05, 3.63) is 23.0 Å². The molecule has 0 saturated carbocycles. The van der Waals surface area contributed by atoms with Crippen molar-refractivity contribution in [2.45, 2.75) is 11.8 Å². The van der Waals surface area contributed by atoms with E-state index in [-0.39, 0.29) is 23.2 Å². The van der Waals surface area contributed by atoms with E-state index in [9.17, 15) is 8.42 Å². The van der Waals surface area contributed by atoms with Gasteiger partial charge in [0.25, 0.3) is 0 Å². The van der Waals surface area contributed by atoms with E-state index in [1.54, 1.807) is 13.0 Å². The number of rotatable bonds is 4. The standard InChI is InChI=1S/C8H11ClN2O3S/c1-6-2-3-7(8(9)11-6)15(13,14)10-4-5-12/h2-3,10,12H,4-5H2,1H3. The summed E-state index contributed by atoms with van der Waals surface area (Å²) in [6, 6.07) is 2.93. The van der Waals surface area contributed by atoms with Crippen LogP contribution >= 0.6 is 11.6 Å². The maximum Gasteiger partial charge on any atom is 0.243 e. The molecule has 1 aromatic heterocycles. The lowest BCUT2D eigenvalue weighted by molar-refractivity contribution is 0.301. The Morgan fingerprint density at radius 1 is 1.53 bits per heavy atom. The lowest BCUT2D eigenvalue weighted by Crippen LogP contribution is -2.27. The molecule has 0 aliphatic heterocycles. The lowest BCUT2D eigenvalue weighted by Gasteiger charge is -2.06. The molecule has 0 aromatic carbocycles. The molecule has 0 saturated heterocycles. The lowest BCUT2D eigenvalue weighted by atomic mass is 10.4. The number of sulfonamides is 1. The van der Waals surface area contributed by atoms with Crippen molar-refractivity contribution < 1.29 is 13.5 Å². The third-order valence-corrected chi connectivity index (χ3v) is 3.54. The van der Waals surface area contributed by atoms with E-state index in [0.717, 1.165) is 0 Å². The smallest absolute Gasteiger partial charge is 0.243 e. The highest BCUT2D eigenvalue weighted by atomic mass is 35.5. The summed E-state index contributed by atoms with van der Waals surface area (Å²) in [7, 11) is -3.67. The average molecular weight is 251 g/mol. The van der Waals surface area contributed by atoms with Crippen molar-refractivity contribution in [1.82, 2.24) is 9.71 Å². The van der Waals surface area contributed by atoms with E-state index in [2.05, 4.69) is 9.71 Å². The Morgan fingerprint density at radius 3 is 2.73 bits per heavy atom. The van der Waals surface area contributed by atoms with E-state index in [0.29, 0.717) is 5.69 Å². The van der Waals surface area contributed by atoms with Gasteiger partial charge in [0.2, 0.25) is 10.0 Å². The zero-order valence-corrected chi connectivity index (χ0v) is 9.64. The van der Waals surface area contributed by atoms with Crippen molar-refractivity contribution in [3.8, 4) is 0 Å². The summed E-state index contributed by atoms with van der Waals surface area (Å²) < 4.78 is 25.3. The van der Waals surface area contributed by atoms with Gasteiger partial charge in [-0.25, -0.2) is 18.1 Å². The maximum absolute atomic E-state index is 11.6. The van der Waals surface area contributed by atoms with Gasteiger partial charge in [-0.05, 0) is 19.1 Å². The summed E-state index contributed by atoms with van der Waals surface area (Å²) >= 11 is 5.70. The zero-order valence-electron chi connectivity index (χ0n) is 8.07. The predicted octanol–water partition coefficient (Wildman–Crippen LogP) is 0.314. The number of aliphatic hydroxyl groups excluding tert-OH is 1. The first kappa shape index (κ1) is 12.4. The van der Waals surface area contributed by atoms with E-state index in [1.165, 1.54) is 6.07 Å². The van der Waals surface area contributed by atoms with Crippen LogP contribution in [0.15, 0.2) is 17.0 Å². The van der Waals surface area contributed by atoms with Crippen LogP contribution in [-0.2, 0) is 10.0 Å². The number of aromatic nitrogens is 1. The number of aliphatic hydroxyl groups is 1. The molecule has 5 nitrogen and oxygen atoms in total. The first-order valence-electron chi connectivity index (χ1n) is 4.21. The highest BCUT2D eigenvalue weighted by Gasteiger charge is 2.17. The average Bonchev–Trinajstić information content (AvgIpc) is 2.14. The molecule has 0 aliphatic rings. The third kappa shape index (κ3) is 3.13. The Balaban J connectivity index is 3.05. The summed E-state index contributed by atoms with van der Waals surface area (Å²) in [4.78, 5) is 3.75. The van der Waals surface area contributed by atoms with Gasteiger partial charge in [0.1, 0.15) is 10.0 Å². The molecule has 1 aromatic rings. The van der Waals surface area contributed by atoms with E-state index < -0.39 is 10.0 Å². The van der Waals surface area contributed by atoms with Crippen molar-refractivity contribution in [2.75, 3.05) is 13.2 Å². The second kappa shape index (κ2) is 4.89. The van der Waals surface area contributed by atoms with Crippen LogP contribution in [0.4, 0.5) is 0 Å².